The van der Waals surface area contributed by atoms with E-state index in [9.17, 15) is 10.2 Å². The van der Waals surface area contributed by atoms with E-state index in [1.165, 1.54) is 0 Å². The maximum Gasteiger partial charge on any atom is 0.192 e. The third-order valence-corrected chi connectivity index (χ3v) is 9.61. The second-order valence-corrected chi connectivity index (χ2v) is 10.6. The molecule has 0 saturated carbocycles. The molecule has 0 aliphatic heterocycles. The monoisotopic (exact) mass is 304 g/mol. The van der Waals surface area contributed by atoms with E-state index in [4.69, 9.17) is 4.43 Å². The maximum absolute atomic E-state index is 10.4. The largest absolute Gasteiger partial charge is 0.414 e. The molecule has 0 aromatic carbocycles. The number of aliphatic hydroxyl groups is 2. The van der Waals surface area contributed by atoms with Crippen LogP contribution in [0.2, 0.25) is 18.1 Å². The molecule has 0 aliphatic carbocycles. The maximum atomic E-state index is 10.4. The van der Waals surface area contributed by atoms with Gasteiger partial charge in [-0.2, -0.15) is 0 Å². The highest BCUT2D eigenvalue weighted by Crippen LogP contribution is 2.30. The Labute approximate surface area is 126 Å². The quantitative estimate of drug-likeness (QED) is 0.568. The molecule has 0 bridgehead atoms. The normalized spacial score (nSPS) is 18.6. The second-order valence-electron chi connectivity index (χ2n) is 5.85. The smallest absolute Gasteiger partial charge is 0.192 e. The van der Waals surface area contributed by atoms with Crippen molar-refractivity contribution < 1.29 is 14.6 Å². The summed E-state index contributed by atoms with van der Waals surface area (Å²) in [6.45, 7) is 12.8. The van der Waals surface area contributed by atoms with Crippen LogP contribution in [0.3, 0.4) is 0 Å². The first kappa shape index (κ1) is 20.1. The van der Waals surface area contributed by atoms with Gasteiger partial charge < -0.3 is 14.6 Å². The summed E-state index contributed by atoms with van der Waals surface area (Å²) in [4.78, 5) is 0. The van der Waals surface area contributed by atoms with Gasteiger partial charge in [-0.25, -0.2) is 0 Å². The average Bonchev–Trinajstić information content (AvgIpc) is 2.50. The van der Waals surface area contributed by atoms with Crippen molar-refractivity contribution in [3.63, 3.8) is 0 Å². The Morgan fingerprint density at radius 2 is 1.30 bits per heavy atom. The Morgan fingerprint density at radius 1 is 0.800 bits per heavy atom. The predicted octanol–water partition coefficient (Wildman–Crippen LogP) is 3.94. The van der Waals surface area contributed by atoms with E-state index in [1.54, 1.807) is 0 Å². The van der Waals surface area contributed by atoms with Crippen molar-refractivity contribution in [2.45, 2.75) is 97.2 Å². The molecule has 0 saturated heterocycles. The van der Waals surface area contributed by atoms with Gasteiger partial charge in [0.25, 0.3) is 0 Å². The topological polar surface area (TPSA) is 49.7 Å². The van der Waals surface area contributed by atoms with E-state index in [1.807, 2.05) is 6.92 Å². The molecule has 4 atom stereocenters. The van der Waals surface area contributed by atoms with Crippen LogP contribution in [-0.2, 0) is 4.43 Å². The summed E-state index contributed by atoms with van der Waals surface area (Å²) in [5.74, 6) is 0.0338. The van der Waals surface area contributed by atoms with Gasteiger partial charge in [0.05, 0.1) is 18.3 Å². The van der Waals surface area contributed by atoms with Gasteiger partial charge in [0.15, 0.2) is 8.32 Å². The standard InChI is InChI=1S/C16H36O3Si/c1-7-13(16(18)14(17)8-2)15(9-3)19-20(10-4,11-5)12-6/h13-18H,7-12H2,1-6H3/t13-,14-,15-,16-/m1/s1. The highest BCUT2D eigenvalue weighted by Gasteiger charge is 2.37. The zero-order valence-electron chi connectivity index (χ0n) is 14.4. The first-order valence-electron chi connectivity index (χ1n) is 8.48. The molecule has 0 aromatic heterocycles. The Kier molecular flexibility index (Phi) is 9.98. The molecule has 0 aliphatic rings. The van der Waals surface area contributed by atoms with Crippen LogP contribution in [0.15, 0.2) is 0 Å². The van der Waals surface area contributed by atoms with E-state index >= 15 is 0 Å². The molecule has 0 amide bonds. The molecule has 2 N–H and O–H groups in total. The van der Waals surface area contributed by atoms with Gasteiger partial charge in [-0.1, -0.05) is 41.5 Å². The van der Waals surface area contributed by atoms with Crippen LogP contribution < -0.4 is 0 Å². The summed E-state index contributed by atoms with van der Waals surface area (Å²) in [6, 6.07) is 3.37. The fourth-order valence-corrected chi connectivity index (χ4v) is 6.03. The van der Waals surface area contributed by atoms with Gasteiger partial charge in [0, 0.05) is 5.92 Å². The van der Waals surface area contributed by atoms with E-state index in [0.29, 0.717) is 6.42 Å². The van der Waals surface area contributed by atoms with Crippen molar-refractivity contribution in [1.82, 2.24) is 0 Å². The summed E-state index contributed by atoms with van der Waals surface area (Å²) in [5.41, 5.74) is 0. The molecular weight excluding hydrogens is 268 g/mol. The van der Waals surface area contributed by atoms with Crippen LogP contribution in [0.25, 0.3) is 0 Å². The molecule has 0 radical (unpaired) electrons. The lowest BCUT2D eigenvalue weighted by atomic mass is 9.88. The van der Waals surface area contributed by atoms with E-state index in [2.05, 4.69) is 34.6 Å². The van der Waals surface area contributed by atoms with Gasteiger partial charge in [-0.3, -0.25) is 0 Å². The molecule has 0 rings (SSSR count). The molecular formula is C16H36O3Si. The number of aliphatic hydroxyl groups excluding tert-OH is 2. The lowest BCUT2D eigenvalue weighted by Gasteiger charge is -2.39. The highest BCUT2D eigenvalue weighted by molar-refractivity contribution is 6.73. The summed E-state index contributed by atoms with van der Waals surface area (Å²) >= 11 is 0. The molecule has 0 unspecified atom stereocenters. The summed E-state index contributed by atoms with van der Waals surface area (Å²) < 4.78 is 6.57. The zero-order chi connectivity index (χ0) is 15.8. The minimum Gasteiger partial charge on any atom is -0.414 e. The summed E-state index contributed by atoms with van der Waals surface area (Å²) in [7, 11) is -1.66. The lowest BCUT2D eigenvalue weighted by molar-refractivity contribution is -0.0566. The minimum absolute atomic E-state index is 0.0338. The van der Waals surface area contributed by atoms with Crippen LogP contribution in [0.1, 0.15) is 60.8 Å². The lowest BCUT2D eigenvalue weighted by Crippen LogP contribution is -2.47. The Morgan fingerprint density at radius 3 is 1.60 bits per heavy atom. The van der Waals surface area contributed by atoms with Crippen LogP contribution in [0.5, 0.6) is 0 Å². The van der Waals surface area contributed by atoms with Gasteiger partial charge in [0.2, 0.25) is 0 Å². The highest BCUT2D eigenvalue weighted by atomic mass is 28.4. The average molecular weight is 305 g/mol. The van der Waals surface area contributed by atoms with E-state index in [0.717, 1.165) is 31.0 Å². The predicted molar refractivity (Wildman–Crippen MR) is 88.4 cm³/mol. The van der Waals surface area contributed by atoms with Gasteiger partial charge in [-0.15, -0.1) is 0 Å². The molecule has 0 spiro atoms. The van der Waals surface area contributed by atoms with Crippen LogP contribution in [0, 0.1) is 5.92 Å². The van der Waals surface area contributed by atoms with Crippen LogP contribution in [-0.4, -0.2) is 36.8 Å². The SMILES string of the molecule is CC[C@@H]([C@@H](O)[C@H](O)CC)[C@@H](CC)O[Si](CC)(CC)CC. The van der Waals surface area contributed by atoms with Gasteiger partial charge >= 0.3 is 0 Å². The number of hydrogen-bond acceptors (Lipinski definition) is 3. The van der Waals surface area contributed by atoms with Crippen molar-refractivity contribution >= 4 is 8.32 Å². The van der Waals surface area contributed by atoms with Gasteiger partial charge in [0.1, 0.15) is 0 Å². The number of hydrogen-bond donors (Lipinski definition) is 2. The van der Waals surface area contributed by atoms with Crippen molar-refractivity contribution in [3.8, 4) is 0 Å². The van der Waals surface area contributed by atoms with Gasteiger partial charge in [-0.05, 0) is 37.4 Å². The summed E-state index contributed by atoms with van der Waals surface area (Å²) in [6.07, 6.45) is 1.10. The molecule has 0 aromatic rings. The minimum atomic E-state index is -1.66. The molecule has 20 heavy (non-hydrogen) atoms. The van der Waals surface area contributed by atoms with E-state index < -0.39 is 20.5 Å². The van der Waals surface area contributed by atoms with Crippen LogP contribution >= 0.6 is 0 Å². The Bertz CT molecular complexity index is 236. The molecule has 122 valence electrons. The van der Waals surface area contributed by atoms with Crippen molar-refractivity contribution in [2.24, 2.45) is 5.92 Å². The number of rotatable bonds is 11. The van der Waals surface area contributed by atoms with Crippen molar-refractivity contribution in [1.29, 1.82) is 0 Å². The Balaban J connectivity index is 5.02. The van der Waals surface area contributed by atoms with Crippen LogP contribution in [0.4, 0.5) is 0 Å². The molecule has 4 heteroatoms. The Hall–Kier alpha value is 0.0969. The third kappa shape index (κ3) is 5.13. The fraction of sp³-hybridized carbons (Fsp3) is 1.00. The third-order valence-electron chi connectivity index (χ3n) is 4.94. The first-order chi connectivity index (χ1) is 9.44. The first-order valence-corrected chi connectivity index (χ1v) is 11.0. The fourth-order valence-electron chi connectivity index (χ4n) is 3.05. The molecule has 0 heterocycles. The second kappa shape index (κ2) is 9.93. The van der Waals surface area contributed by atoms with Crippen molar-refractivity contribution in [2.75, 3.05) is 0 Å². The molecule has 0 fully saturated rings. The zero-order valence-corrected chi connectivity index (χ0v) is 15.4. The van der Waals surface area contributed by atoms with E-state index in [-0.39, 0.29) is 12.0 Å². The van der Waals surface area contributed by atoms with Crippen molar-refractivity contribution in [3.05, 3.63) is 0 Å². The summed E-state index contributed by atoms with van der Waals surface area (Å²) in [5, 5.41) is 20.3. The molecule has 3 nitrogen and oxygen atoms in total.